The van der Waals surface area contributed by atoms with Crippen LogP contribution >= 0.6 is 0 Å². The Morgan fingerprint density at radius 3 is 0.769 bits per heavy atom. The zero-order valence-corrected chi connectivity index (χ0v) is 13.2. The predicted molar refractivity (Wildman–Crippen MR) is 37.0 cm³/mol. The van der Waals surface area contributed by atoms with Crippen molar-refractivity contribution in [3.05, 3.63) is 0 Å². The summed E-state index contributed by atoms with van der Waals surface area (Å²) in [6.45, 7) is 0. The molecule has 0 heterocycles. The van der Waals surface area contributed by atoms with Crippen LogP contribution in [0.3, 0.4) is 0 Å². The van der Waals surface area contributed by atoms with Gasteiger partial charge in [0.25, 0.3) is 0 Å². The molecule has 0 aliphatic rings. The van der Waals surface area contributed by atoms with E-state index in [-0.39, 0.29) is 109 Å². The summed E-state index contributed by atoms with van der Waals surface area (Å²) >= 11 is 0. The van der Waals surface area contributed by atoms with Gasteiger partial charge in [0.1, 0.15) is 0 Å². The van der Waals surface area contributed by atoms with Gasteiger partial charge in [0.2, 0.25) is 0 Å². The molecule has 0 rings (SSSR count). The molecule has 0 atom stereocenters. The number of rotatable bonds is 0. The Morgan fingerprint density at radius 1 is 0.769 bits per heavy atom. The molecule has 0 radical (unpaired) electrons. The minimum absolute atomic E-state index is 0. The number of hydrogen-bond donors (Lipinski definition) is 2. The molecule has 0 aromatic carbocycles. The molecule has 0 spiro atoms. The third-order valence-electron chi connectivity index (χ3n) is 0. The Kier molecular flexibility index (Phi) is 235. The molecule has 0 saturated carbocycles. The second kappa shape index (κ2) is 37.0. The zero-order valence-electron chi connectivity index (χ0n) is 7.44. The van der Waals surface area contributed by atoms with Crippen LogP contribution in [0.15, 0.2) is 0 Å². The largest absolute Gasteiger partial charge is 1.00 e. The zero-order chi connectivity index (χ0) is 4.50. The van der Waals surface area contributed by atoms with Crippen molar-refractivity contribution in [1.29, 1.82) is 0 Å². The van der Waals surface area contributed by atoms with Crippen LogP contribution < -0.4 is 58.2 Å². The fourth-order valence-electron chi connectivity index (χ4n) is 0. The van der Waals surface area contributed by atoms with Crippen molar-refractivity contribution in [3.63, 3.8) is 0 Å². The molecule has 0 saturated heterocycles. The summed E-state index contributed by atoms with van der Waals surface area (Å²) < 4.78 is 31.6. The fraction of sp³-hybridized carbons (Fsp3) is 0. The summed E-state index contributed by atoms with van der Waals surface area (Å²) in [5.41, 5.74) is 0. The molecule has 0 fully saturated rings. The van der Waals surface area contributed by atoms with Crippen LogP contribution in [0.25, 0.3) is 0 Å². The fourth-order valence-corrected chi connectivity index (χ4v) is 0. The third-order valence-corrected chi connectivity index (χ3v) is 0. The summed E-state index contributed by atoms with van der Waals surface area (Å²) in [7, 11) is -4.67. The first-order chi connectivity index (χ1) is 2.00. The smallest absolute Gasteiger partial charge is 1.00 e. The first kappa shape index (κ1) is 82.4. The van der Waals surface area contributed by atoms with E-state index < -0.39 is 10.4 Å². The molecule has 0 aromatic rings. The second-order valence-corrected chi connectivity index (χ2v) is 1.34. The molecule has 10 nitrogen and oxygen atoms in total. The van der Waals surface area contributed by atoms with Crippen LogP contribution in [0.1, 0.15) is 1.43 Å². The van der Waals surface area contributed by atoms with Crippen molar-refractivity contribution in [2.75, 3.05) is 0 Å². The van der Waals surface area contributed by atoms with Crippen LogP contribution in [0.2, 0.25) is 0 Å². The van der Waals surface area contributed by atoms with Crippen LogP contribution in [0.5, 0.6) is 0 Å². The maximum absolute atomic E-state index is 8.74. The number of hydrogen-bond acceptors (Lipinski definition) is 2. The van der Waals surface area contributed by atoms with Gasteiger partial charge >= 0.3 is 68.6 Å². The van der Waals surface area contributed by atoms with Gasteiger partial charge in [0, 0.05) is 16.5 Å². The predicted octanol–water partition coefficient (Wildman–Crippen LogP) is -8.49. The van der Waals surface area contributed by atoms with E-state index in [1.807, 2.05) is 0 Å². The van der Waals surface area contributed by atoms with Crippen molar-refractivity contribution < 1.29 is 126 Å². The van der Waals surface area contributed by atoms with Gasteiger partial charge in [-0.25, -0.2) is 0 Å². The van der Waals surface area contributed by atoms with Crippen molar-refractivity contribution in [1.82, 2.24) is 0 Å². The van der Waals surface area contributed by atoms with E-state index in [1.165, 1.54) is 0 Å². The van der Waals surface area contributed by atoms with Gasteiger partial charge in [-0.05, 0) is 0 Å². The molecular weight excluding hydrogens is 336 g/mol. The average Bonchev–Trinajstić information content (AvgIpc) is 0.722. The molecule has 0 aliphatic heterocycles. The quantitative estimate of drug-likeness (QED) is 0.317. The van der Waals surface area contributed by atoms with E-state index in [9.17, 15) is 0 Å². The average molecular weight is 351 g/mol. The first-order valence-electron chi connectivity index (χ1n) is 0.698. The van der Waals surface area contributed by atoms with Gasteiger partial charge in [-0.15, -0.1) is 0 Å². The van der Waals surface area contributed by atoms with Gasteiger partial charge in [-0.1, -0.05) is 0 Å². The molecule has 0 bridgehead atoms. The molecule has 92 valence electrons. The van der Waals surface area contributed by atoms with Crippen molar-refractivity contribution in [3.8, 4) is 0 Å². The van der Waals surface area contributed by atoms with Crippen LogP contribution in [-0.4, -0.2) is 50.4 Å². The van der Waals surface area contributed by atoms with Gasteiger partial charge in [0.05, 0.1) is 0 Å². The Hall–Kier alpha value is 1.93. The minimum Gasteiger partial charge on any atom is -1.00 e. The van der Waals surface area contributed by atoms with Crippen molar-refractivity contribution in [2.45, 2.75) is 0 Å². The van der Waals surface area contributed by atoms with E-state index in [2.05, 4.69) is 0 Å². The van der Waals surface area contributed by atoms with Crippen molar-refractivity contribution >= 4 is 10.4 Å². The van der Waals surface area contributed by atoms with Gasteiger partial charge in [-0.2, -0.15) is 8.42 Å². The summed E-state index contributed by atoms with van der Waals surface area (Å²) in [5, 5.41) is 0. The standard InChI is InChI=1S/Ni.H2O4S.6H2O.Rb.H/c;1-5(2,3)4;;;;;;;;/h;(H2,1,2,3,4);6*1H2;;/q;;;;;;;;+1;-1. The maximum Gasteiger partial charge on any atom is 1.00 e. The van der Waals surface area contributed by atoms with E-state index in [4.69, 9.17) is 17.5 Å². The molecule has 14 N–H and O–H groups in total. The Morgan fingerprint density at radius 2 is 0.769 bits per heavy atom. The molecule has 0 amide bonds. The van der Waals surface area contributed by atoms with E-state index >= 15 is 0 Å². The second-order valence-electron chi connectivity index (χ2n) is 0.448. The monoisotopic (exact) mass is 350 g/mol. The molecule has 0 unspecified atom stereocenters. The maximum atomic E-state index is 8.74. The van der Waals surface area contributed by atoms with E-state index in [0.717, 1.165) is 0 Å². The third kappa shape index (κ3) is 533. The summed E-state index contributed by atoms with van der Waals surface area (Å²) in [6.07, 6.45) is 0. The molecule has 0 aliphatic carbocycles. The Bertz CT molecular complexity index is 103. The van der Waals surface area contributed by atoms with Crippen LogP contribution in [0.4, 0.5) is 0 Å². The Balaban J connectivity index is -0.00000000222. The molecule has 13 heteroatoms. The summed E-state index contributed by atoms with van der Waals surface area (Å²) in [4.78, 5) is 0. The summed E-state index contributed by atoms with van der Waals surface area (Å²) in [6, 6.07) is 0. The van der Waals surface area contributed by atoms with Gasteiger partial charge in [0.15, 0.2) is 0 Å². The van der Waals surface area contributed by atoms with Crippen LogP contribution in [0, 0.1) is 0 Å². The van der Waals surface area contributed by atoms with Crippen molar-refractivity contribution in [2.24, 2.45) is 0 Å². The van der Waals surface area contributed by atoms with E-state index in [0.29, 0.717) is 0 Å². The normalized spacial score (nSPS) is 4.46. The first-order valence-corrected chi connectivity index (χ1v) is 2.10. The van der Waals surface area contributed by atoms with Gasteiger partial charge in [-0.3, -0.25) is 9.11 Å². The topological polar surface area (TPSA) is 264 Å². The van der Waals surface area contributed by atoms with Crippen LogP contribution in [-0.2, 0) is 26.9 Å². The SMILES string of the molecule is O.O.O.O.O.O.O=S(=O)(O)O.[H-].[Ni].[Rb+]. The molecular formula is H15NiO10RbS. The summed E-state index contributed by atoms with van der Waals surface area (Å²) in [5.74, 6) is 0. The van der Waals surface area contributed by atoms with E-state index in [1.54, 1.807) is 0 Å². The molecule has 0 aromatic heterocycles. The Labute approximate surface area is 135 Å². The van der Waals surface area contributed by atoms with Gasteiger partial charge < -0.3 is 34.3 Å². The molecule has 13 heavy (non-hydrogen) atoms. The minimum atomic E-state index is -4.67.